The van der Waals surface area contributed by atoms with Crippen LogP contribution in [0, 0.1) is 0 Å². The molecule has 0 radical (unpaired) electrons. The lowest BCUT2D eigenvalue weighted by atomic mass is 10.0. The molecule has 0 spiro atoms. The van der Waals surface area contributed by atoms with Crippen molar-refractivity contribution in [3.63, 3.8) is 0 Å². The van der Waals surface area contributed by atoms with Crippen LogP contribution in [0.3, 0.4) is 0 Å². The van der Waals surface area contributed by atoms with Gasteiger partial charge in [0.15, 0.2) is 0 Å². The van der Waals surface area contributed by atoms with Gasteiger partial charge in [-0.05, 0) is 6.42 Å². The van der Waals surface area contributed by atoms with E-state index in [0.29, 0.717) is 5.75 Å². The van der Waals surface area contributed by atoms with Crippen molar-refractivity contribution < 1.29 is 14.2 Å². The third-order valence-corrected chi connectivity index (χ3v) is 4.06. The third kappa shape index (κ3) is 5.31. The standard InChI is InChI=1S/C17H27ClO3/c1-5-6-7-8-9-10-14(18)17-15(20-3)11-13(19-2)12-16(17)21-4/h11-12,14H,5-10H2,1-4H3. The molecule has 120 valence electrons. The van der Waals surface area contributed by atoms with Crippen LogP contribution in [0.5, 0.6) is 17.2 Å². The zero-order chi connectivity index (χ0) is 15.7. The second-order valence-corrected chi connectivity index (χ2v) is 5.64. The fourth-order valence-electron chi connectivity index (χ4n) is 2.41. The van der Waals surface area contributed by atoms with Crippen LogP contribution in [0.25, 0.3) is 0 Å². The highest BCUT2D eigenvalue weighted by molar-refractivity contribution is 6.21. The van der Waals surface area contributed by atoms with Gasteiger partial charge in [-0.2, -0.15) is 0 Å². The highest BCUT2D eigenvalue weighted by atomic mass is 35.5. The lowest BCUT2D eigenvalue weighted by Gasteiger charge is -2.18. The fraction of sp³-hybridized carbons (Fsp3) is 0.647. The van der Waals surface area contributed by atoms with Crippen molar-refractivity contribution in [2.75, 3.05) is 21.3 Å². The number of hydrogen-bond acceptors (Lipinski definition) is 3. The molecule has 21 heavy (non-hydrogen) atoms. The first-order valence-corrected chi connectivity index (χ1v) is 8.05. The Morgan fingerprint density at radius 1 is 0.905 bits per heavy atom. The highest BCUT2D eigenvalue weighted by Gasteiger charge is 2.20. The van der Waals surface area contributed by atoms with Gasteiger partial charge in [-0.15, -0.1) is 11.6 Å². The van der Waals surface area contributed by atoms with Crippen molar-refractivity contribution in [3.05, 3.63) is 17.7 Å². The smallest absolute Gasteiger partial charge is 0.130 e. The number of hydrogen-bond donors (Lipinski definition) is 0. The van der Waals surface area contributed by atoms with E-state index in [-0.39, 0.29) is 5.38 Å². The number of ether oxygens (including phenoxy) is 3. The molecular weight excluding hydrogens is 288 g/mol. The molecule has 0 aliphatic carbocycles. The van der Waals surface area contributed by atoms with E-state index in [0.717, 1.165) is 29.9 Å². The zero-order valence-electron chi connectivity index (χ0n) is 13.6. The van der Waals surface area contributed by atoms with E-state index in [1.807, 2.05) is 12.1 Å². The number of benzene rings is 1. The molecule has 1 unspecified atom stereocenters. The Balaban J connectivity index is 2.79. The van der Waals surface area contributed by atoms with Gasteiger partial charge in [-0.3, -0.25) is 0 Å². The van der Waals surface area contributed by atoms with Crippen LogP contribution in [0.1, 0.15) is 56.4 Å². The molecule has 4 heteroatoms. The molecule has 0 bridgehead atoms. The summed E-state index contributed by atoms with van der Waals surface area (Å²) in [5, 5.41) is -0.109. The van der Waals surface area contributed by atoms with Crippen LogP contribution in [-0.2, 0) is 0 Å². The average Bonchev–Trinajstić information content (AvgIpc) is 2.52. The van der Waals surface area contributed by atoms with E-state index in [4.69, 9.17) is 25.8 Å². The number of methoxy groups -OCH3 is 3. The molecular formula is C17H27ClO3. The van der Waals surface area contributed by atoms with Gasteiger partial charge in [-0.1, -0.05) is 39.0 Å². The first kappa shape index (κ1) is 18.0. The molecule has 1 aromatic rings. The van der Waals surface area contributed by atoms with Crippen LogP contribution in [-0.4, -0.2) is 21.3 Å². The van der Waals surface area contributed by atoms with Crippen LogP contribution in [0.15, 0.2) is 12.1 Å². The van der Waals surface area contributed by atoms with Crippen molar-refractivity contribution in [2.45, 2.75) is 50.8 Å². The maximum Gasteiger partial charge on any atom is 0.130 e. The summed E-state index contributed by atoms with van der Waals surface area (Å²) in [5.41, 5.74) is 0.915. The topological polar surface area (TPSA) is 27.7 Å². The van der Waals surface area contributed by atoms with E-state index in [1.54, 1.807) is 21.3 Å². The van der Waals surface area contributed by atoms with Gasteiger partial charge in [-0.25, -0.2) is 0 Å². The van der Waals surface area contributed by atoms with E-state index in [9.17, 15) is 0 Å². The second kappa shape index (κ2) is 9.78. The van der Waals surface area contributed by atoms with Gasteiger partial charge in [0.2, 0.25) is 0 Å². The van der Waals surface area contributed by atoms with Crippen molar-refractivity contribution in [1.82, 2.24) is 0 Å². The Hall–Kier alpha value is -1.09. The normalized spacial score (nSPS) is 12.0. The Morgan fingerprint density at radius 2 is 1.48 bits per heavy atom. The molecule has 0 aromatic heterocycles. The van der Waals surface area contributed by atoms with Crippen molar-refractivity contribution in [3.8, 4) is 17.2 Å². The third-order valence-electron chi connectivity index (χ3n) is 3.63. The quantitative estimate of drug-likeness (QED) is 0.430. The Morgan fingerprint density at radius 3 is 1.95 bits per heavy atom. The minimum atomic E-state index is -0.109. The van der Waals surface area contributed by atoms with Crippen LogP contribution >= 0.6 is 11.6 Å². The van der Waals surface area contributed by atoms with Crippen LogP contribution in [0.4, 0.5) is 0 Å². The van der Waals surface area contributed by atoms with Crippen LogP contribution in [0.2, 0.25) is 0 Å². The molecule has 0 heterocycles. The van der Waals surface area contributed by atoms with Gasteiger partial charge in [0, 0.05) is 12.1 Å². The fourth-order valence-corrected chi connectivity index (χ4v) is 2.78. The number of unbranched alkanes of at least 4 members (excludes halogenated alkanes) is 4. The maximum absolute atomic E-state index is 6.58. The van der Waals surface area contributed by atoms with Gasteiger partial charge in [0.1, 0.15) is 17.2 Å². The first-order valence-electron chi connectivity index (χ1n) is 7.61. The molecule has 0 N–H and O–H groups in total. The summed E-state index contributed by atoms with van der Waals surface area (Å²) >= 11 is 6.58. The molecule has 0 amide bonds. The Kier molecular flexibility index (Phi) is 8.36. The summed E-state index contributed by atoms with van der Waals surface area (Å²) in [6.45, 7) is 2.22. The van der Waals surface area contributed by atoms with Gasteiger partial charge in [0.05, 0.1) is 32.3 Å². The van der Waals surface area contributed by atoms with Crippen molar-refractivity contribution in [1.29, 1.82) is 0 Å². The summed E-state index contributed by atoms with van der Waals surface area (Å²) in [4.78, 5) is 0. The molecule has 0 fully saturated rings. The Bertz CT molecular complexity index is 395. The lowest BCUT2D eigenvalue weighted by Crippen LogP contribution is -2.01. The molecule has 1 aromatic carbocycles. The predicted octanol–water partition coefficient (Wildman–Crippen LogP) is 5.35. The summed E-state index contributed by atoms with van der Waals surface area (Å²) in [6, 6.07) is 3.70. The van der Waals surface area contributed by atoms with Crippen molar-refractivity contribution >= 4 is 11.6 Å². The van der Waals surface area contributed by atoms with E-state index >= 15 is 0 Å². The lowest BCUT2D eigenvalue weighted by molar-refractivity contribution is 0.367. The molecule has 0 aliphatic rings. The number of rotatable bonds is 10. The maximum atomic E-state index is 6.58. The minimum absolute atomic E-state index is 0.109. The number of halogens is 1. The average molecular weight is 315 g/mol. The number of alkyl halides is 1. The summed E-state index contributed by atoms with van der Waals surface area (Å²) in [6.07, 6.45) is 7.08. The highest BCUT2D eigenvalue weighted by Crippen LogP contribution is 2.42. The molecule has 1 rings (SSSR count). The molecule has 0 saturated heterocycles. The largest absolute Gasteiger partial charge is 0.496 e. The predicted molar refractivity (Wildman–Crippen MR) is 88.1 cm³/mol. The van der Waals surface area contributed by atoms with E-state index in [2.05, 4.69) is 6.92 Å². The summed E-state index contributed by atoms with van der Waals surface area (Å²) < 4.78 is 16.2. The van der Waals surface area contributed by atoms with E-state index < -0.39 is 0 Å². The van der Waals surface area contributed by atoms with Crippen molar-refractivity contribution in [2.24, 2.45) is 0 Å². The Labute approximate surface area is 133 Å². The summed E-state index contributed by atoms with van der Waals surface area (Å²) in [7, 11) is 4.91. The van der Waals surface area contributed by atoms with E-state index in [1.165, 1.54) is 25.7 Å². The molecule has 3 nitrogen and oxygen atoms in total. The molecule has 0 saturated carbocycles. The summed E-state index contributed by atoms with van der Waals surface area (Å²) in [5.74, 6) is 2.15. The van der Waals surface area contributed by atoms with Gasteiger partial charge < -0.3 is 14.2 Å². The van der Waals surface area contributed by atoms with Gasteiger partial charge >= 0.3 is 0 Å². The SMILES string of the molecule is CCCCCCCC(Cl)c1c(OC)cc(OC)cc1OC. The monoisotopic (exact) mass is 314 g/mol. The van der Waals surface area contributed by atoms with Gasteiger partial charge in [0.25, 0.3) is 0 Å². The second-order valence-electron chi connectivity index (χ2n) is 5.12. The first-order chi connectivity index (χ1) is 10.2. The molecule has 1 atom stereocenters. The van der Waals surface area contributed by atoms with Crippen LogP contribution < -0.4 is 14.2 Å². The zero-order valence-corrected chi connectivity index (χ0v) is 14.3. The molecule has 0 aliphatic heterocycles. The minimum Gasteiger partial charge on any atom is -0.496 e.